The Hall–Kier alpha value is -3.08. The van der Waals surface area contributed by atoms with E-state index in [-0.39, 0.29) is 6.04 Å². The Morgan fingerprint density at radius 1 is 0.750 bits per heavy atom. The number of hydrogen-bond acceptors (Lipinski definition) is 2. The van der Waals surface area contributed by atoms with E-state index in [0.29, 0.717) is 18.7 Å². The number of alkyl halides is 3. The molecule has 0 radical (unpaired) electrons. The Balaban J connectivity index is 1.72. The highest BCUT2D eigenvalue weighted by atomic mass is 19.4. The Morgan fingerprint density at radius 3 is 1.79 bits per heavy atom. The van der Waals surface area contributed by atoms with Gasteiger partial charge in [-0.25, -0.2) is 0 Å². The summed E-state index contributed by atoms with van der Waals surface area (Å²) in [7, 11) is 0. The van der Waals surface area contributed by atoms with Gasteiger partial charge in [0.2, 0.25) is 0 Å². The molecule has 0 N–H and O–H groups in total. The van der Waals surface area contributed by atoms with Crippen molar-refractivity contribution >= 4 is 5.84 Å². The quantitative estimate of drug-likeness (QED) is 0.579. The van der Waals surface area contributed by atoms with Crippen molar-refractivity contribution < 1.29 is 13.2 Å². The molecular weight excluding hydrogens is 361 g/mol. The number of hydrogen-bond donors (Lipinski definition) is 0. The van der Waals surface area contributed by atoms with Gasteiger partial charge in [0.05, 0.1) is 18.2 Å². The smallest absolute Gasteiger partial charge is 0.343 e. The van der Waals surface area contributed by atoms with Crippen molar-refractivity contribution in [3.05, 3.63) is 107 Å². The molecule has 28 heavy (non-hydrogen) atoms. The average molecular weight is 380 g/mol. The van der Waals surface area contributed by atoms with Crippen molar-refractivity contribution in [1.82, 2.24) is 4.90 Å². The molecule has 0 saturated heterocycles. The van der Waals surface area contributed by atoms with Crippen LogP contribution in [0.1, 0.15) is 28.3 Å². The lowest BCUT2D eigenvalue weighted by Gasteiger charge is -2.32. The van der Waals surface area contributed by atoms with Gasteiger partial charge < -0.3 is 4.90 Å². The molecule has 1 aliphatic heterocycles. The zero-order valence-corrected chi connectivity index (χ0v) is 15.1. The third-order valence-corrected chi connectivity index (χ3v) is 4.89. The largest absolute Gasteiger partial charge is 0.416 e. The molecule has 1 aliphatic rings. The van der Waals surface area contributed by atoms with Crippen molar-refractivity contribution in [3.63, 3.8) is 0 Å². The summed E-state index contributed by atoms with van der Waals surface area (Å²) in [6, 6.07) is 25.4. The maximum Gasteiger partial charge on any atom is 0.416 e. The molecule has 1 heterocycles. The fourth-order valence-corrected chi connectivity index (χ4v) is 3.60. The van der Waals surface area contributed by atoms with E-state index < -0.39 is 11.7 Å². The van der Waals surface area contributed by atoms with Gasteiger partial charge in [0, 0.05) is 12.1 Å². The highest BCUT2D eigenvalue weighted by Gasteiger charge is 2.32. The zero-order chi connectivity index (χ0) is 19.6. The third-order valence-electron chi connectivity index (χ3n) is 4.89. The van der Waals surface area contributed by atoms with Gasteiger partial charge >= 0.3 is 6.18 Å². The summed E-state index contributed by atoms with van der Waals surface area (Å²) >= 11 is 0. The van der Waals surface area contributed by atoms with Crippen LogP contribution in [0, 0.1) is 0 Å². The molecule has 0 atom stereocenters. The molecule has 0 aromatic heterocycles. The molecule has 0 amide bonds. The molecule has 4 rings (SSSR count). The minimum absolute atomic E-state index is 0.0501. The zero-order valence-electron chi connectivity index (χ0n) is 15.1. The van der Waals surface area contributed by atoms with Crippen LogP contribution in [0.3, 0.4) is 0 Å². The first-order valence-corrected chi connectivity index (χ1v) is 9.12. The molecule has 2 nitrogen and oxygen atoms in total. The minimum atomic E-state index is -4.34. The summed E-state index contributed by atoms with van der Waals surface area (Å²) in [6.07, 6.45) is -4.34. The van der Waals surface area contributed by atoms with Crippen molar-refractivity contribution in [2.75, 3.05) is 13.1 Å². The molecule has 0 saturated carbocycles. The van der Waals surface area contributed by atoms with Crippen molar-refractivity contribution in [3.8, 4) is 0 Å². The summed E-state index contributed by atoms with van der Waals surface area (Å²) in [4.78, 5) is 6.79. The molecule has 3 aromatic rings. The maximum atomic E-state index is 12.9. The van der Waals surface area contributed by atoms with E-state index in [1.54, 1.807) is 0 Å². The number of nitrogens with zero attached hydrogens (tertiary/aromatic N) is 2. The second kappa shape index (κ2) is 7.50. The predicted molar refractivity (Wildman–Crippen MR) is 104 cm³/mol. The van der Waals surface area contributed by atoms with E-state index in [4.69, 9.17) is 0 Å². The van der Waals surface area contributed by atoms with Crippen molar-refractivity contribution in [2.24, 2.45) is 4.99 Å². The second-order valence-electron chi connectivity index (χ2n) is 6.70. The second-order valence-corrected chi connectivity index (χ2v) is 6.70. The van der Waals surface area contributed by atoms with Crippen LogP contribution in [0.15, 0.2) is 89.9 Å². The number of halogens is 3. The van der Waals surface area contributed by atoms with Crippen molar-refractivity contribution in [2.45, 2.75) is 12.2 Å². The molecule has 0 aliphatic carbocycles. The van der Waals surface area contributed by atoms with Crippen LogP contribution in [0.4, 0.5) is 13.2 Å². The van der Waals surface area contributed by atoms with Gasteiger partial charge in [0.1, 0.15) is 5.84 Å². The maximum absolute atomic E-state index is 12.9. The molecule has 0 bridgehead atoms. The molecule has 5 heteroatoms. The monoisotopic (exact) mass is 380 g/mol. The minimum Gasteiger partial charge on any atom is -0.343 e. The fraction of sp³-hybridized carbons (Fsp3) is 0.174. The highest BCUT2D eigenvalue weighted by Crippen LogP contribution is 2.33. The van der Waals surface area contributed by atoms with E-state index in [0.717, 1.165) is 29.1 Å². The molecule has 0 unspecified atom stereocenters. The topological polar surface area (TPSA) is 15.6 Å². The molecule has 0 spiro atoms. The lowest BCUT2D eigenvalue weighted by atomic mass is 9.96. The Bertz CT molecular complexity index is 909. The van der Waals surface area contributed by atoms with E-state index in [1.165, 1.54) is 12.1 Å². The van der Waals surface area contributed by atoms with Crippen LogP contribution in [-0.4, -0.2) is 23.8 Å². The summed E-state index contributed by atoms with van der Waals surface area (Å²) in [5.74, 6) is 0.728. The summed E-state index contributed by atoms with van der Waals surface area (Å²) < 4.78 is 38.7. The normalized spacial score (nSPS) is 14.4. The molecular formula is C23H19F3N2. The lowest BCUT2D eigenvalue weighted by Crippen LogP contribution is -2.33. The average Bonchev–Trinajstić information content (AvgIpc) is 3.19. The molecule has 3 aromatic carbocycles. The van der Waals surface area contributed by atoms with Crippen LogP contribution in [0.5, 0.6) is 0 Å². The highest BCUT2D eigenvalue weighted by molar-refractivity contribution is 6.00. The van der Waals surface area contributed by atoms with Crippen LogP contribution in [0.25, 0.3) is 0 Å². The number of benzene rings is 3. The van der Waals surface area contributed by atoms with E-state index in [2.05, 4.69) is 34.2 Å². The van der Waals surface area contributed by atoms with Gasteiger partial charge in [-0.1, -0.05) is 72.8 Å². The Morgan fingerprint density at radius 2 is 1.29 bits per heavy atom. The Labute approximate surface area is 162 Å². The van der Waals surface area contributed by atoms with Gasteiger partial charge in [-0.05, 0) is 23.3 Å². The van der Waals surface area contributed by atoms with E-state index in [9.17, 15) is 13.2 Å². The SMILES string of the molecule is FC(F)(F)c1ccc(C2=NCCN2C(c2ccccc2)c2ccccc2)cc1. The van der Waals surface area contributed by atoms with Gasteiger partial charge in [0.15, 0.2) is 0 Å². The number of amidine groups is 1. The van der Waals surface area contributed by atoms with Crippen LogP contribution < -0.4 is 0 Å². The number of aliphatic imine (C=N–C) groups is 1. The summed E-state index contributed by atoms with van der Waals surface area (Å²) in [5.41, 5.74) is 2.29. The Kier molecular flexibility index (Phi) is 4.90. The van der Waals surface area contributed by atoms with Gasteiger partial charge in [-0.15, -0.1) is 0 Å². The van der Waals surface area contributed by atoms with Gasteiger partial charge in [-0.3, -0.25) is 4.99 Å². The van der Waals surface area contributed by atoms with Crippen molar-refractivity contribution in [1.29, 1.82) is 0 Å². The number of rotatable bonds is 4. The molecule has 142 valence electrons. The van der Waals surface area contributed by atoms with Gasteiger partial charge in [-0.2, -0.15) is 13.2 Å². The summed E-state index contributed by atoms with van der Waals surface area (Å²) in [5, 5.41) is 0. The first-order chi connectivity index (χ1) is 13.5. The first kappa shape index (κ1) is 18.3. The predicted octanol–water partition coefficient (Wildman–Crippen LogP) is 5.56. The van der Waals surface area contributed by atoms with E-state index in [1.807, 2.05) is 36.4 Å². The molecule has 0 fully saturated rings. The fourth-order valence-electron chi connectivity index (χ4n) is 3.60. The van der Waals surface area contributed by atoms with Crippen LogP contribution >= 0.6 is 0 Å². The third kappa shape index (κ3) is 3.65. The van der Waals surface area contributed by atoms with Crippen LogP contribution in [0.2, 0.25) is 0 Å². The summed E-state index contributed by atoms with van der Waals surface area (Å²) in [6.45, 7) is 1.33. The lowest BCUT2D eigenvalue weighted by molar-refractivity contribution is -0.137. The van der Waals surface area contributed by atoms with E-state index >= 15 is 0 Å². The van der Waals surface area contributed by atoms with Gasteiger partial charge in [0.25, 0.3) is 0 Å². The first-order valence-electron chi connectivity index (χ1n) is 9.12. The standard InChI is InChI=1S/C23H19F3N2/c24-23(25,26)20-13-11-19(12-14-20)22-27-15-16-28(22)21(17-7-3-1-4-8-17)18-9-5-2-6-10-18/h1-14,21H,15-16H2. The van der Waals surface area contributed by atoms with Crippen LogP contribution in [-0.2, 0) is 6.18 Å².